The van der Waals surface area contributed by atoms with Gasteiger partial charge in [-0.25, -0.2) is 4.79 Å². The van der Waals surface area contributed by atoms with E-state index in [1.165, 1.54) is 22.7 Å². The van der Waals surface area contributed by atoms with Crippen LogP contribution < -0.4 is 0 Å². The van der Waals surface area contributed by atoms with Gasteiger partial charge in [0.25, 0.3) is 0 Å². The van der Waals surface area contributed by atoms with E-state index in [1.54, 1.807) is 12.1 Å². The fourth-order valence-electron chi connectivity index (χ4n) is 2.06. The number of likely N-dealkylation sites (tertiary alicyclic amines) is 1. The van der Waals surface area contributed by atoms with Crippen molar-refractivity contribution in [2.45, 2.75) is 17.5 Å². The summed E-state index contributed by atoms with van der Waals surface area (Å²) in [4.78, 5) is 35.1. The first kappa shape index (κ1) is 17.1. The summed E-state index contributed by atoms with van der Waals surface area (Å²) in [6.07, 6.45) is 1.87. The molecule has 0 spiro atoms. The van der Waals surface area contributed by atoms with Crippen LogP contribution in [-0.4, -0.2) is 46.4 Å². The summed E-state index contributed by atoms with van der Waals surface area (Å²) in [6, 6.07) is 7.00. The zero-order valence-corrected chi connectivity index (χ0v) is 13.3. The number of carboxylic acids is 1. The highest BCUT2D eigenvalue weighted by Crippen LogP contribution is 2.31. The molecular weight excluding hydrogens is 318 g/mol. The van der Waals surface area contributed by atoms with Crippen molar-refractivity contribution in [3.63, 3.8) is 0 Å². The van der Waals surface area contributed by atoms with E-state index in [-0.39, 0.29) is 24.4 Å². The van der Waals surface area contributed by atoms with Crippen LogP contribution in [-0.2, 0) is 20.1 Å². The van der Waals surface area contributed by atoms with Gasteiger partial charge in [0.15, 0.2) is 0 Å². The fourth-order valence-corrected chi connectivity index (χ4v) is 3.27. The van der Waals surface area contributed by atoms with Crippen LogP contribution in [0.1, 0.15) is 22.3 Å². The molecule has 0 unspecified atom stereocenters. The van der Waals surface area contributed by atoms with Crippen LogP contribution in [0.15, 0.2) is 36.9 Å². The lowest BCUT2D eigenvalue weighted by atomic mass is 10.1. The molecule has 1 N–H and O–H groups in total. The largest absolute Gasteiger partial charge is 0.480 e. The molecule has 1 heterocycles. The quantitative estimate of drug-likeness (QED) is 0.444. The molecule has 1 fully saturated rings. The monoisotopic (exact) mass is 335 g/mol. The second kappa shape index (κ2) is 7.82. The van der Waals surface area contributed by atoms with Crippen molar-refractivity contribution in [3.05, 3.63) is 48.0 Å². The van der Waals surface area contributed by atoms with Gasteiger partial charge in [-0.3, -0.25) is 9.59 Å². The molecule has 0 aliphatic carbocycles. The van der Waals surface area contributed by atoms with Gasteiger partial charge in [0.2, 0.25) is 5.91 Å². The molecule has 1 amide bonds. The van der Waals surface area contributed by atoms with Crippen molar-refractivity contribution >= 4 is 29.6 Å². The number of benzene rings is 1. The minimum atomic E-state index is -1.01. The molecule has 2 rings (SSSR count). The molecule has 1 aliphatic rings. The Morgan fingerprint density at radius 2 is 2.09 bits per heavy atom. The fraction of sp³-hybridized carbons (Fsp3) is 0.312. The van der Waals surface area contributed by atoms with Gasteiger partial charge < -0.3 is 14.7 Å². The van der Waals surface area contributed by atoms with Crippen molar-refractivity contribution in [2.24, 2.45) is 0 Å². The molecule has 0 aromatic heterocycles. The van der Waals surface area contributed by atoms with Crippen molar-refractivity contribution < 1.29 is 24.2 Å². The van der Waals surface area contributed by atoms with Gasteiger partial charge in [-0.15, -0.1) is 11.8 Å². The summed E-state index contributed by atoms with van der Waals surface area (Å²) >= 11 is 1.51. The van der Waals surface area contributed by atoms with Gasteiger partial charge in [0, 0.05) is 5.75 Å². The molecule has 23 heavy (non-hydrogen) atoms. The summed E-state index contributed by atoms with van der Waals surface area (Å²) in [5.74, 6) is -0.909. The van der Waals surface area contributed by atoms with E-state index >= 15 is 0 Å². The van der Waals surface area contributed by atoms with E-state index in [4.69, 9.17) is 9.84 Å². The number of carbonyl (C=O) groups is 3. The second-order valence-corrected chi connectivity index (χ2v) is 6.14. The zero-order chi connectivity index (χ0) is 16.8. The van der Waals surface area contributed by atoms with Gasteiger partial charge in [-0.2, -0.15) is 0 Å². The second-order valence-electron chi connectivity index (χ2n) is 4.97. The Morgan fingerprint density at radius 1 is 1.39 bits per heavy atom. The maximum Gasteiger partial charge on any atom is 0.338 e. The molecule has 1 aromatic carbocycles. The number of β-lactam (4-membered cyclic amide) rings is 1. The molecule has 1 atom stereocenters. The lowest BCUT2D eigenvalue weighted by molar-refractivity contribution is -0.151. The number of carbonyl (C=O) groups excluding carboxylic acids is 2. The number of amides is 1. The SMILES string of the molecule is C=CCOC(=O)c1ccc(CS[C@@H]2CC(=O)N2CC(=O)O)cc1. The predicted octanol–water partition coefficient (Wildman–Crippen LogP) is 1.91. The number of hydrogen-bond acceptors (Lipinski definition) is 5. The predicted molar refractivity (Wildman–Crippen MR) is 86.0 cm³/mol. The molecule has 0 bridgehead atoms. The Balaban J connectivity index is 1.84. The first-order valence-corrected chi connectivity index (χ1v) is 8.06. The number of thioether (sulfide) groups is 1. The van der Waals surface area contributed by atoms with Crippen LogP contribution in [0, 0.1) is 0 Å². The third kappa shape index (κ3) is 4.59. The van der Waals surface area contributed by atoms with Crippen molar-refractivity contribution in [1.82, 2.24) is 4.90 Å². The Kier molecular flexibility index (Phi) is 5.81. The minimum Gasteiger partial charge on any atom is -0.480 e. The molecule has 1 aliphatic heterocycles. The Labute approximate surface area is 138 Å². The van der Waals surface area contributed by atoms with E-state index in [1.807, 2.05) is 12.1 Å². The third-order valence-electron chi connectivity index (χ3n) is 3.29. The van der Waals surface area contributed by atoms with Crippen LogP contribution in [0.3, 0.4) is 0 Å². The molecule has 0 radical (unpaired) electrons. The van der Waals surface area contributed by atoms with Crippen LogP contribution in [0.4, 0.5) is 0 Å². The number of carboxylic acid groups (broad SMARTS) is 1. The van der Waals surface area contributed by atoms with E-state index < -0.39 is 11.9 Å². The molecule has 6 nitrogen and oxygen atoms in total. The van der Waals surface area contributed by atoms with Gasteiger partial charge >= 0.3 is 11.9 Å². The van der Waals surface area contributed by atoms with Gasteiger partial charge in [0.1, 0.15) is 13.2 Å². The highest BCUT2D eigenvalue weighted by Gasteiger charge is 2.37. The number of rotatable bonds is 8. The number of ether oxygens (including phenoxy) is 1. The first-order chi connectivity index (χ1) is 11.0. The van der Waals surface area contributed by atoms with Gasteiger partial charge in [-0.05, 0) is 17.7 Å². The van der Waals surface area contributed by atoms with Crippen molar-refractivity contribution in [3.8, 4) is 0 Å². The summed E-state index contributed by atoms with van der Waals surface area (Å²) in [5, 5.41) is 8.66. The number of esters is 1. The van der Waals surface area contributed by atoms with Crippen LogP contribution in [0.25, 0.3) is 0 Å². The van der Waals surface area contributed by atoms with Crippen LogP contribution in [0.2, 0.25) is 0 Å². The molecule has 1 aromatic rings. The number of aliphatic carboxylic acids is 1. The average molecular weight is 335 g/mol. The topological polar surface area (TPSA) is 83.9 Å². The van der Waals surface area contributed by atoms with Crippen LogP contribution >= 0.6 is 11.8 Å². The summed E-state index contributed by atoms with van der Waals surface area (Å²) in [5.41, 5.74) is 1.46. The lowest BCUT2D eigenvalue weighted by Crippen LogP contribution is -2.52. The van der Waals surface area contributed by atoms with Crippen molar-refractivity contribution in [2.75, 3.05) is 13.2 Å². The summed E-state index contributed by atoms with van der Waals surface area (Å²) in [6.45, 7) is 3.39. The van der Waals surface area contributed by atoms with Crippen molar-refractivity contribution in [1.29, 1.82) is 0 Å². The van der Waals surface area contributed by atoms with E-state index in [0.29, 0.717) is 17.7 Å². The normalized spacial score (nSPS) is 16.6. The molecule has 7 heteroatoms. The van der Waals surface area contributed by atoms with E-state index in [9.17, 15) is 14.4 Å². The minimum absolute atomic E-state index is 0.101. The lowest BCUT2D eigenvalue weighted by Gasteiger charge is -2.38. The maximum atomic E-state index is 11.6. The highest BCUT2D eigenvalue weighted by atomic mass is 32.2. The first-order valence-electron chi connectivity index (χ1n) is 7.01. The smallest absolute Gasteiger partial charge is 0.338 e. The standard InChI is InChI=1S/C16H17NO5S/c1-2-7-22-16(21)12-5-3-11(4-6-12)10-23-14-8-13(18)17(14)9-15(19)20/h2-6,14H,1,7-10H2,(H,19,20)/t14-/m1/s1. The van der Waals surface area contributed by atoms with Gasteiger partial charge in [0.05, 0.1) is 17.4 Å². The number of hydrogen-bond donors (Lipinski definition) is 1. The molecule has 0 saturated carbocycles. The average Bonchev–Trinajstić information content (AvgIpc) is 2.54. The Morgan fingerprint density at radius 3 is 2.65 bits per heavy atom. The summed E-state index contributed by atoms with van der Waals surface area (Å²) < 4.78 is 4.94. The zero-order valence-electron chi connectivity index (χ0n) is 12.4. The summed E-state index contributed by atoms with van der Waals surface area (Å²) in [7, 11) is 0. The van der Waals surface area contributed by atoms with E-state index in [0.717, 1.165) is 5.56 Å². The Hall–Kier alpha value is -2.28. The molecular formula is C16H17NO5S. The number of nitrogens with zero attached hydrogens (tertiary/aromatic N) is 1. The maximum absolute atomic E-state index is 11.6. The molecule has 122 valence electrons. The van der Waals surface area contributed by atoms with E-state index in [2.05, 4.69) is 6.58 Å². The third-order valence-corrected chi connectivity index (χ3v) is 4.59. The molecule has 1 saturated heterocycles. The van der Waals surface area contributed by atoms with Crippen LogP contribution in [0.5, 0.6) is 0 Å². The highest BCUT2D eigenvalue weighted by molar-refractivity contribution is 7.99. The Bertz CT molecular complexity index is 613. The van der Waals surface area contributed by atoms with Gasteiger partial charge in [-0.1, -0.05) is 24.8 Å².